The Morgan fingerprint density at radius 2 is 1.67 bits per heavy atom. The van der Waals surface area contributed by atoms with E-state index in [1.165, 1.54) is 5.56 Å². The molecule has 0 radical (unpaired) electrons. The van der Waals surface area contributed by atoms with E-state index in [4.69, 9.17) is 15.5 Å². The molecule has 0 atom stereocenters. The first-order valence-corrected chi connectivity index (χ1v) is 12.6. The molecule has 5 rings (SSSR count). The number of aromatic nitrogens is 3. The zero-order valence-corrected chi connectivity index (χ0v) is 20.6. The summed E-state index contributed by atoms with van der Waals surface area (Å²) in [6, 6.07) is 12.3. The van der Waals surface area contributed by atoms with Gasteiger partial charge in [0.1, 0.15) is 5.69 Å². The van der Waals surface area contributed by atoms with Crippen molar-refractivity contribution in [1.29, 1.82) is 0 Å². The number of hydrogen-bond donors (Lipinski definition) is 3. The van der Waals surface area contributed by atoms with Gasteiger partial charge in [-0.1, -0.05) is 12.1 Å². The molecule has 3 aromatic rings. The van der Waals surface area contributed by atoms with Gasteiger partial charge in [-0.15, -0.1) is 0 Å². The van der Waals surface area contributed by atoms with E-state index in [0.717, 1.165) is 50.0 Å². The molecule has 9 nitrogen and oxygen atoms in total. The van der Waals surface area contributed by atoms with Gasteiger partial charge in [0.05, 0.1) is 0 Å². The lowest BCUT2D eigenvalue weighted by atomic mass is 9.89. The molecule has 9 heteroatoms. The van der Waals surface area contributed by atoms with Crippen LogP contribution in [0, 0.1) is 0 Å². The molecule has 0 saturated carbocycles. The second kappa shape index (κ2) is 11.0. The van der Waals surface area contributed by atoms with Crippen molar-refractivity contribution in [2.45, 2.75) is 37.6 Å². The Morgan fingerprint density at radius 1 is 0.972 bits per heavy atom. The van der Waals surface area contributed by atoms with Gasteiger partial charge in [0.15, 0.2) is 17.3 Å². The molecule has 0 unspecified atom stereocenters. The van der Waals surface area contributed by atoms with Crippen LogP contribution in [0.25, 0.3) is 11.3 Å². The standard InChI is InChI=1S/C27H33N7O2/c1-34-14-8-19(9-15-34)18-2-4-21(5-3-18)30-27-24(25(28)35)32-23(20-6-12-29-13-7-20)26(33-27)31-22-10-16-36-17-11-22/h2-7,12-13,19,22H,8-11,14-17H2,1H3,(H2,28,35)(H2,30,31,33). The van der Waals surface area contributed by atoms with E-state index in [0.29, 0.717) is 36.5 Å². The number of rotatable bonds is 7. The van der Waals surface area contributed by atoms with Crippen molar-refractivity contribution < 1.29 is 9.53 Å². The highest BCUT2D eigenvalue weighted by Gasteiger charge is 2.23. The number of carbonyl (C=O) groups excluding carboxylic acids is 1. The van der Waals surface area contributed by atoms with Crippen molar-refractivity contribution in [3.05, 3.63) is 60.0 Å². The SMILES string of the molecule is CN1CCC(c2ccc(Nc3nc(NC4CCOCC4)c(-c4ccncc4)nc3C(N)=O)cc2)CC1. The minimum absolute atomic E-state index is 0.0960. The number of ether oxygens (including phenoxy) is 1. The lowest BCUT2D eigenvalue weighted by Crippen LogP contribution is -2.29. The Kier molecular flexibility index (Phi) is 7.39. The molecule has 4 N–H and O–H groups in total. The molecular weight excluding hydrogens is 454 g/mol. The average Bonchev–Trinajstić information content (AvgIpc) is 2.91. The fraction of sp³-hybridized carbons (Fsp3) is 0.407. The molecule has 2 aromatic heterocycles. The molecule has 0 spiro atoms. The van der Waals surface area contributed by atoms with Crippen molar-refractivity contribution >= 4 is 23.2 Å². The van der Waals surface area contributed by atoms with Gasteiger partial charge >= 0.3 is 0 Å². The van der Waals surface area contributed by atoms with Crippen LogP contribution in [0.5, 0.6) is 0 Å². The number of nitrogens with zero attached hydrogens (tertiary/aromatic N) is 4. The largest absolute Gasteiger partial charge is 0.381 e. The highest BCUT2D eigenvalue weighted by Crippen LogP contribution is 2.32. The van der Waals surface area contributed by atoms with Gasteiger partial charge in [-0.05, 0) is 81.6 Å². The second-order valence-corrected chi connectivity index (χ2v) is 9.57. The molecule has 2 saturated heterocycles. The van der Waals surface area contributed by atoms with Crippen molar-refractivity contribution in [3.63, 3.8) is 0 Å². The van der Waals surface area contributed by atoms with Crippen LogP contribution in [0.3, 0.4) is 0 Å². The number of pyridine rings is 1. The number of likely N-dealkylation sites (tertiary alicyclic amines) is 1. The monoisotopic (exact) mass is 487 g/mol. The van der Waals surface area contributed by atoms with E-state index in [2.05, 4.69) is 44.7 Å². The predicted octanol–water partition coefficient (Wildman–Crippen LogP) is 3.78. The lowest BCUT2D eigenvalue weighted by molar-refractivity contribution is 0.0904. The van der Waals surface area contributed by atoms with Crippen LogP contribution in [0.4, 0.5) is 17.3 Å². The smallest absolute Gasteiger partial charge is 0.271 e. The third-order valence-electron chi connectivity index (χ3n) is 7.01. The van der Waals surface area contributed by atoms with E-state index < -0.39 is 5.91 Å². The van der Waals surface area contributed by atoms with Gasteiger partial charge in [-0.3, -0.25) is 9.78 Å². The van der Waals surface area contributed by atoms with E-state index in [1.807, 2.05) is 24.3 Å². The van der Waals surface area contributed by atoms with E-state index in [1.54, 1.807) is 12.4 Å². The summed E-state index contributed by atoms with van der Waals surface area (Å²) in [7, 11) is 2.17. The summed E-state index contributed by atoms with van der Waals surface area (Å²) in [6.45, 7) is 3.64. The third kappa shape index (κ3) is 5.63. The molecule has 0 bridgehead atoms. The predicted molar refractivity (Wildman–Crippen MR) is 140 cm³/mol. The molecule has 4 heterocycles. The van der Waals surface area contributed by atoms with Gasteiger partial charge in [0, 0.05) is 42.9 Å². The summed E-state index contributed by atoms with van der Waals surface area (Å²) in [5.41, 5.74) is 9.39. The highest BCUT2D eigenvalue weighted by molar-refractivity contribution is 5.97. The summed E-state index contributed by atoms with van der Waals surface area (Å²) in [5, 5.41) is 6.81. The molecule has 2 aliphatic rings. The molecule has 1 aromatic carbocycles. The summed E-state index contributed by atoms with van der Waals surface area (Å²) >= 11 is 0. The molecule has 188 valence electrons. The third-order valence-corrected chi connectivity index (χ3v) is 7.01. The summed E-state index contributed by atoms with van der Waals surface area (Å²) in [5.74, 6) is 0.873. The van der Waals surface area contributed by atoms with Gasteiger partial charge in [0.2, 0.25) is 0 Å². The Morgan fingerprint density at radius 3 is 2.33 bits per heavy atom. The van der Waals surface area contributed by atoms with Crippen molar-refractivity contribution in [3.8, 4) is 11.3 Å². The maximum atomic E-state index is 12.4. The summed E-state index contributed by atoms with van der Waals surface area (Å²) in [6.07, 6.45) is 7.46. The normalized spacial score (nSPS) is 17.6. The summed E-state index contributed by atoms with van der Waals surface area (Å²) in [4.78, 5) is 28.4. The number of benzene rings is 1. The van der Waals surface area contributed by atoms with Crippen LogP contribution in [0.2, 0.25) is 0 Å². The quantitative estimate of drug-likeness (QED) is 0.461. The van der Waals surface area contributed by atoms with Crippen LogP contribution in [0.1, 0.15) is 47.7 Å². The van der Waals surface area contributed by atoms with Crippen molar-refractivity contribution in [2.75, 3.05) is 44.0 Å². The Hall–Kier alpha value is -3.56. The number of piperidine rings is 1. The molecule has 36 heavy (non-hydrogen) atoms. The summed E-state index contributed by atoms with van der Waals surface area (Å²) < 4.78 is 5.50. The van der Waals surface area contributed by atoms with E-state index in [-0.39, 0.29) is 11.7 Å². The second-order valence-electron chi connectivity index (χ2n) is 9.57. The molecule has 2 aliphatic heterocycles. The fourth-order valence-electron chi connectivity index (χ4n) is 4.86. The maximum absolute atomic E-state index is 12.4. The number of carbonyl (C=O) groups is 1. The first kappa shape index (κ1) is 24.1. The van der Waals surface area contributed by atoms with Gasteiger partial charge in [-0.2, -0.15) is 0 Å². The lowest BCUT2D eigenvalue weighted by Gasteiger charge is -2.29. The average molecular weight is 488 g/mol. The van der Waals surface area contributed by atoms with Gasteiger partial charge in [-0.25, -0.2) is 9.97 Å². The van der Waals surface area contributed by atoms with Crippen molar-refractivity contribution in [2.24, 2.45) is 5.73 Å². The minimum Gasteiger partial charge on any atom is -0.381 e. The highest BCUT2D eigenvalue weighted by atomic mass is 16.5. The van der Waals surface area contributed by atoms with Gasteiger partial charge < -0.3 is 26.0 Å². The zero-order chi connectivity index (χ0) is 24.9. The zero-order valence-electron chi connectivity index (χ0n) is 20.6. The van der Waals surface area contributed by atoms with Crippen LogP contribution in [-0.2, 0) is 4.74 Å². The molecule has 2 fully saturated rings. The first-order valence-electron chi connectivity index (χ1n) is 12.6. The van der Waals surface area contributed by atoms with Crippen LogP contribution in [-0.4, -0.2) is 65.2 Å². The topological polar surface area (TPSA) is 118 Å². The van der Waals surface area contributed by atoms with Crippen LogP contribution >= 0.6 is 0 Å². The number of nitrogens with one attached hydrogen (secondary N) is 2. The number of amides is 1. The maximum Gasteiger partial charge on any atom is 0.271 e. The molecular formula is C27H33N7O2. The first-order chi connectivity index (χ1) is 17.6. The molecule has 1 amide bonds. The minimum atomic E-state index is -0.638. The number of primary amides is 1. The Balaban J connectivity index is 1.45. The number of anilines is 3. The Bertz CT molecular complexity index is 1170. The van der Waals surface area contributed by atoms with Crippen molar-refractivity contribution in [1.82, 2.24) is 19.9 Å². The fourth-order valence-corrected chi connectivity index (χ4v) is 4.86. The molecule has 0 aliphatic carbocycles. The van der Waals surface area contributed by atoms with Crippen LogP contribution in [0.15, 0.2) is 48.8 Å². The van der Waals surface area contributed by atoms with E-state index >= 15 is 0 Å². The van der Waals surface area contributed by atoms with Gasteiger partial charge in [0.25, 0.3) is 5.91 Å². The number of nitrogens with two attached hydrogens (primary N) is 1. The van der Waals surface area contributed by atoms with Crippen LogP contribution < -0.4 is 16.4 Å². The number of hydrogen-bond acceptors (Lipinski definition) is 8. The Labute approximate surface area is 211 Å². The van der Waals surface area contributed by atoms with E-state index in [9.17, 15) is 4.79 Å².